The predicted octanol–water partition coefficient (Wildman–Crippen LogP) is 1.23. The second-order valence-electron chi connectivity index (χ2n) is 6.90. The van der Waals surface area contributed by atoms with E-state index in [0.29, 0.717) is 6.61 Å². The van der Waals surface area contributed by atoms with Gasteiger partial charge in [-0.2, -0.15) is 0 Å². The summed E-state index contributed by atoms with van der Waals surface area (Å²) >= 11 is 6.10. The topological polar surface area (TPSA) is 27.3 Å². The van der Waals surface area contributed by atoms with E-state index in [9.17, 15) is 0 Å². The summed E-state index contributed by atoms with van der Waals surface area (Å²) in [6, 6.07) is 14.5. The third-order valence-corrected chi connectivity index (χ3v) is 5.22. The van der Waals surface area contributed by atoms with Gasteiger partial charge in [-0.05, 0) is 37.3 Å². The van der Waals surface area contributed by atoms with Gasteiger partial charge in [-0.25, -0.2) is 0 Å². The maximum atomic E-state index is 6.10. The zero-order valence-corrected chi connectivity index (χ0v) is 16.4. The first-order chi connectivity index (χ1) is 12.7. The Labute approximate surface area is 161 Å². The van der Waals surface area contributed by atoms with Crippen molar-refractivity contribution >= 4 is 11.6 Å². The van der Waals surface area contributed by atoms with Crippen molar-refractivity contribution in [3.8, 4) is 11.5 Å². The van der Waals surface area contributed by atoms with Crippen LogP contribution in [0.4, 0.5) is 0 Å². The fourth-order valence-corrected chi connectivity index (χ4v) is 3.85. The van der Waals surface area contributed by atoms with Crippen LogP contribution >= 0.6 is 11.6 Å². The van der Waals surface area contributed by atoms with Crippen LogP contribution in [0.5, 0.6) is 11.5 Å². The van der Waals surface area contributed by atoms with Gasteiger partial charge in [-0.15, -0.1) is 0 Å². The van der Waals surface area contributed by atoms with E-state index in [2.05, 4.69) is 24.3 Å². The number of hydrogen-bond acceptors (Lipinski definition) is 2. The smallest absolute Gasteiger partial charge is 0.161 e. The molecule has 0 aromatic heterocycles. The summed E-state index contributed by atoms with van der Waals surface area (Å²) in [5.74, 6) is 1.65. The molecule has 0 bridgehead atoms. The van der Waals surface area contributed by atoms with E-state index < -0.39 is 0 Å². The standard InChI is InChI=1S/C21H27ClN2O2/c1-3-26-21-14-18(7-8-20(21)25-2)16-24-11-9-23(10-12-24)15-17-5-4-6-19(22)13-17/h4-8,13-14H,3,9-12,15-16H2,1-2H3/p+2. The number of ether oxygens (including phenoxy) is 2. The average molecular weight is 377 g/mol. The molecule has 1 aliphatic heterocycles. The summed E-state index contributed by atoms with van der Waals surface area (Å²) in [7, 11) is 1.69. The first kappa shape index (κ1) is 19.0. The lowest BCUT2D eigenvalue weighted by molar-refractivity contribution is -1.02. The van der Waals surface area contributed by atoms with Crippen molar-refractivity contribution in [1.29, 1.82) is 0 Å². The predicted molar refractivity (Wildman–Crippen MR) is 104 cm³/mol. The van der Waals surface area contributed by atoms with Crippen LogP contribution in [-0.2, 0) is 13.1 Å². The van der Waals surface area contributed by atoms with E-state index in [0.717, 1.165) is 29.6 Å². The third-order valence-electron chi connectivity index (χ3n) is 4.99. The molecule has 0 amide bonds. The molecule has 1 heterocycles. The third kappa shape index (κ3) is 5.13. The Bertz CT molecular complexity index is 715. The average Bonchev–Trinajstić information content (AvgIpc) is 2.64. The molecule has 0 saturated carbocycles. The summed E-state index contributed by atoms with van der Waals surface area (Å²) in [5.41, 5.74) is 2.63. The highest BCUT2D eigenvalue weighted by molar-refractivity contribution is 6.30. The van der Waals surface area contributed by atoms with Gasteiger partial charge >= 0.3 is 0 Å². The van der Waals surface area contributed by atoms with Gasteiger partial charge in [0.05, 0.1) is 13.7 Å². The van der Waals surface area contributed by atoms with Crippen LogP contribution in [0.3, 0.4) is 0 Å². The van der Waals surface area contributed by atoms with Crippen molar-refractivity contribution in [2.45, 2.75) is 20.0 Å². The summed E-state index contributed by atoms with van der Waals surface area (Å²) < 4.78 is 11.1. The maximum Gasteiger partial charge on any atom is 0.161 e. The Morgan fingerprint density at radius 2 is 1.54 bits per heavy atom. The number of rotatable bonds is 7. The molecule has 4 nitrogen and oxygen atoms in total. The fraction of sp³-hybridized carbons (Fsp3) is 0.429. The molecule has 140 valence electrons. The van der Waals surface area contributed by atoms with Crippen LogP contribution in [-0.4, -0.2) is 39.9 Å². The lowest BCUT2D eigenvalue weighted by Gasteiger charge is -2.30. The van der Waals surface area contributed by atoms with Gasteiger partial charge in [0, 0.05) is 16.1 Å². The Morgan fingerprint density at radius 3 is 2.12 bits per heavy atom. The first-order valence-electron chi connectivity index (χ1n) is 9.39. The zero-order valence-electron chi connectivity index (χ0n) is 15.7. The van der Waals surface area contributed by atoms with Gasteiger partial charge < -0.3 is 19.3 Å². The van der Waals surface area contributed by atoms with Gasteiger partial charge in [0.1, 0.15) is 39.3 Å². The first-order valence-corrected chi connectivity index (χ1v) is 9.77. The molecular weight excluding hydrogens is 348 g/mol. The molecule has 3 rings (SSSR count). The van der Waals surface area contributed by atoms with E-state index >= 15 is 0 Å². The van der Waals surface area contributed by atoms with Crippen molar-refractivity contribution in [1.82, 2.24) is 0 Å². The van der Waals surface area contributed by atoms with Crippen LogP contribution in [0.15, 0.2) is 42.5 Å². The quantitative estimate of drug-likeness (QED) is 0.760. The zero-order chi connectivity index (χ0) is 18.4. The number of halogens is 1. The lowest BCUT2D eigenvalue weighted by atomic mass is 10.1. The molecule has 1 aliphatic rings. The highest BCUT2D eigenvalue weighted by Crippen LogP contribution is 2.27. The Hall–Kier alpha value is -1.75. The van der Waals surface area contributed by atoms with E-state index in [4.69, 9.17) is 21.1 Å². The van der Waals surface area contributed by atoms with Gasteiger partial charge in [0.25, 0.3) is 0 Å². The van der Waals surface area contributed by atoms with Crippen LogP contribution in [0.2, 0.25) is 5.02 Å². The van der Waals surface area contributed by atoms with Crippen molar-refractivity contribution < 1.29 is 19.3 Å². The monoisotopic (exact) mass is 376 g/mol. The highest BCUT2D eigenvalue weighted by Gasteiger charge is 2.23. The molecule has 26 heavy (non-hydrogen) atoms. The largest absolute Gasteiger partial charge is 0.493 e. The molecule has 2 aromatic carbocycles. The molecule has 0 aliphatic carbocycles. The number of methoxy groups -OCH3 is 1. The Kier molecular flexibility index (Phi) is 6.78. The Morgan fingerprint density at radius 1 is 0.885 bits per heavy atom. The molecule has 2 N–H and O–H groups in total. The second-order valence-corrected chi connectivity index (χ2v) is 7.34. The molecule has 1 fully saturated rings. The molecule has 0 atom stereocenters. The van der Waals surface area contributed by atoms with Crippen LogP contribution < -0.4 is 19.3 Å². The minimum Gasteiger partial charge on any atom is -0.493 e. The molecule has 2 aromatic rings. The minimum atomic E-state index is 0.651. The summed E-state index contributed by atoms with van der Waals surface area (Å²) in [6.45, 7) is 9.50. The van der Waals surface area contributed by atoms with Gasteiger partial charge in [-0.3, -0.25) is 0 Å². The SMILES string of the molecule is CCOc1cc(C[NH+]2CC[NH+](Cc3cccc(Cl)c3)CC2)ccc1OC. The number of benzene rings is 2. The second kappa shape index (κ2) is 9.26. The molecule has 0 radical (unpaired) electrons. The van der Waals surface area contributed by atoms with Crippen LogP contribution in [0, 0.1) is 0 Å². The number of nitrogens with one attached hydrogen (secondary N) is 2. The van der Waals surface area contributed by atoms with Crippen LogP contribution in [0.1, 0.15) is 18.1 Å². The van der Waals surface area contributed by atoms with Crippen molar-refractivity contribution in [3.05, 3.63) is 58.6 Å². The fourth-order valence-electron chi connectivity index (χ4n) is 3.63. The van der Waals surface area contributed by atoms with Crippen LogP contribution in [0.25, 0.3) is 0 Å². The van der Waals surface area contributed by atoms with E-state index in [-0.39, 0.29) is 0 Å². The summed E-state index contributed by atoms with van der Waals surface area (Å²) in [6.07, 6.45) is 0. The number of hydrogen-bond donors (Lipinski definition) is 2. The normalized spacial score (nSPS) is 20.0. The summed E-state index contributed by atoms with van der Waals surface area (Å²) in [4.78, 5) is 3.27. The van der Waals surface area contributed by atoms with E-state index in [1.54, 1.807) is 16.9 Å². The minimum absolute atomic E-state index is 0.651. The summed E-state index contributed by atoms with van der Waals surface area (Å²) in [5, 5.41) is 0.829. The van der Waals surface area contributed by atoms with Crippen molar-refractivity contribution in [2.75, 3.05) is 39.9 Å². The Balaban J connectivity index is 1.53. The number of piperazine rings is 1. The maximum absolute atomic E-state index is 6.10. The van der Waals surface area contributed by atoms with E-state index in [1.807, 2.05) is 25.1 Å². The number of quaternary nitrogens is 2. The molecule has 5 heteroatoms. The highest BCUT2D eigenvalue weighted by atomic mass is 35.5. The van der Waals surface area contributed by atoms with Crippen molar-refractivity contribution in [3.63, 3.8) is 0 Å². The molecule has 0 spiro atoms. The molecular formula is C21H29ClN2O2+2. The van der Waals surface area contributed by atoms with Gasteiger partial charge in [0.2, 0.25) is 0 Å². The van der Waals surface area contributed by atoms with Gasteiger partial charge in [0.15, 0.2) is 11.5 Å². The lowest BCUT2D eigenvalue weighted by Crippen LogP contribution is -3.27. The van der Waals surface area contributed by atoms with Crippen molar-refractivity contribution in [2.24, 2.45) is 0 Å². The van der Waals surface area contributed by atoms with Gasteiger partial charge in [-0.1, -0.05) is 23.7 Å². The van der Waals surface area contributed by atoms with E-state index in [1.165, 1.54) is 37.3 Å². The molecule has 0 unspecified atom stereocenters. The molecule has 1 saturated heterocycles.